The minimum atomic E-state index is -0.825. The number of hydrogen-bond donors (Lipinski definition) is 0. The van der Waals surface area contributed by atoms with E-state index in [4.69, 9.17) is 4.74 Å². The number of hydrogen-bond acceptors (Lipinski definition) is 2. The number of benzene rings is 1. The maximum absolute atomic E-state index is 13.2. The standard InChI is InChI=1S/C15H19FO2/c1-5-15(4,14(17)18-6-2)10-12-9-13(16)8-7-11(12)3/h5,7-9H,1,6,10H2,2-4H3. The number of esters is 1. The van der Waals surface area contributed by atoms with Crippen molar-refractivity contribution in [3.63, 3.8) is 0 Å². The summed E-state index contributed by atoms with van der Waals surface area (Å²) in [4.78, 5) is 11.9. The van der Waals surface area contributed by atoms with Gasteiger partial charge in [-0.25, -0.2) is 4.39 Å². The van der Waals surface area contributed by atoms with Crippen molar-refractivity contribution in [1.82, 2.24) is 0 Å². The molecule has 0 bridgehead atoms. The van der Waals surface area contributed by atoms with Crippen LogP contribution in [0.2, 0.25) is 0 Å². The van der Waals surface area contributed by atoms with Crippen LogP contribution >= 0.6 is 0 Å². The molecule has 0 aliphatic carbocycles. The minimum absolute atomic E-state index is 0.300. The maximum atomic E-state index is 13.2. The first-order valence-electron chi connectivity index (χ1n) is 5.99. The molecule has 0 aromatic heterocycles. The topological polar surface area (TPSA) is 26.3 Å². The predicted octanol–water partition coefficient (Wildman–Crippen LogP) is 3.43. The fraction of sp³-hybridized carbons (Fsp3) is 0.400. The normalized spacial score (nSPS) is 13.8. The molecular weight excluding hydrogens is 231 g/mol. The summed E-state index contributed by atoms with van der Waals surface area (Å²) >= 11 is 0. The van der Waals surface area contributed by atoms with Gasteiger partial charge in [0.05, 0.1) is 12.0 Å². The quantitative estimate of drug-likeness (QED) is 0.591. The van der Waals surface area contributed by atoms with Crippen LogP contribution in [0, 0.1) is 18.2 Å². The van der Waals surface area contributed by atoms with Gasteiger partial charge < -0.3 is 4.74 Å². The summed E-state index contributed by atoms with van der Waals surface area (Å²) in [5, 5.41) is 0. The number of carbonyl (C=O) groups excluding carboxylic acids is 1. The third kappa shape index (κ3) is 3.19. The van der Waals surface area contributed by atoms with Crippen molar-refractivity contribution < 1.29 is 13.9 Å². The van der Waals surface area contributed by atoms with E-state index < -0.39 is 5.41 Å². The molecular formula is C15H19FO2. The highest BCUT2D eigenvalue weighted by Gasteiger charge is 2.32. The van der Waals surface area contributed by atoms with E-state index in [1.165, 1.54) is 12.1 Å². The van der Waals surface area contributed by atoms with E-state index in [9.17, 15) is 9.18 Å². The first kappa shape index (κ1) is 14.4. The number of aryl methyl sites for hydroxylation is 1. The van der Waals surface area contributed by atoms with Crippen LogP contribution in [0.15, 0.2) is 30.9 Å². The van der Waals surface area contributed by atoms with E-state index in [1.807, 2.05) is 6.92 Å². The van der Waals surface area contributed by atoms with Crippen LogP contribution < -0.4 is 0 Å². The summed E-state index contributed by atoms with van der Waals surface area (Å²) < 4.78 is 18.3. The van der Waals surface area contributed by atoms with Crippen molar-refractivity contribution in [3.8, 4) is 0 Å². The average molecular weight is 250 g/mol. The molecule has 0 amide bonds. The third-order valence-corrected chi connectivity index (χ3v) is 3.06. The van der Waals surface area contributed by atoms with E-state index in [2.05, 4.69) is 6.58 Å². The molecule has 1 rings (SSSR count). The summed E-state index contributed by atoms with van der Waals surface area (Å²) in [5.41, 5.74) is 0.924. The van der Waals surface area contributed by atoms with Gasteiger partial charge >= 0.3 is 5.97 Å². The second-order valence-electron chi connectivity index (χ2n) is 4.59. The second kappa shape index (κ2) is 5.80. The lowest BCUT2D eigenvalue weighted by atomic mass is 9.82. The van der Waals surface area contributed by atoms with Crippen LogP contribution in [0.5, 0.6) is 0 Å². The van der Waals surface area contributed by atoms with E-state index in [-0.39, 0.29) is 11.8 Å². The predicted molar refractivity (Wildman–Crippen MR) is 69.8 cm³/mol. The first-order valence-corrected chi connectivity index (χ1v) is 5.99. The van der Waals surface area contributed by atoms with Crippen LogP contribution in [-0.2, 0) is 16.0 Å². The number of ether oxygens (including phenoxy) is 1. The van der Waals surface area contributed by atoms with Crippen LogP contribution in [0.4, 0.5) is 4.39 Å². The molecule has 1 aromatic carbocycles. The molecule has 0 spiro atoms. The fourth-order valence-corrected chi connectivity index (χ4v) is 1.75. The minimum Gasteiger partial charge on any atom is -0.465 e. The molecule has 3 heteroatoms. The Bertz CT molecular complexity index is 454. The summed E-state index contributed by atoms with van der Waals surface area (Å²) in [6.07, 6.45) is 1.95. The molecule has 0 N–H and O–H groups in total. The smallest absolute Gasteiger partial charge is 0.315 e. The van der Waals surface area contributed by atoms with Crippen LogP contribution in [-0.4, -0.2) is 12.6 Å². The zero-order chi connectivity index (χ0) is 13.8. The van der Waals surface area contributed by atoms with Gasteiger partial charge in [0.15, 0.2) is 0 Å². The Kier molecular flexibility index (Phi) is 4.65. The van der Waals surface area contributed by atoms with Gasteiger partial charge in [-0.1, -0.05) is 12.1 Å². The zero-order valence-corrected chi connectivity index (χ0v) is 11.1. The van der Waals surface area contributed by atoms with Crippen molar-refractivity contribution >= 4 is 5.97 Å². The van der Waals surface area contributed by atoms with Crippen molar-refractivity contribution in [1.29, 1.82) is 0 Å². The van der Waals surface area contributed by atoms with Gasteiger partial charge in [-0.3, -0.25) is 4.79 Å². The van der Waals surface area contributed by atoms with E-state index in [0.717, 1.165) is 11.1 Å². The Morgan fingerprint density at radius 2 is 2.22 bits per heavy atom. The number of carbonyl (C=O) groups is 1. The first-order chi connectivity index (χ1) is 8.42. The highest BCUT2D eigenvalue weighted by molar-refractivity contribution is 5.79. The number of rotatable bonds is 5. The number of halogens is 1. The summed E-state index contributed by atoms with van der Waals surface area (Å²) in [6, 6.07) is 4.57. The van der Waals surface area contributed by atoms with Crippen LogP contribution in [0.1, 0.15) is 25.0 Å². The van der Waals surface area contributed by atoms with E-state index in [0.29, 0.717) is 13.0 Å². The third-order valence-electron chi connectivity index (χ3n) is 3.06. The molecule has 0 aliphatic heterocycles. The lowest BCUT2D eigenvalue weighted by Gasteiger charge is -2.24. The van der Waals surface area contributed by atoms with Gasteiger partial charge in [0.25, 0.3) is 0 Å². The largest absolute Gasteiger partial charge is 0.465 e. The molecule has 0 heterocycles. The highest BCUT2D eigenvalue weighted by atomic mass is 19.1. The molecule has 0 radical (unpaired) electrons. The van der Waals surface area contributed by atoms with E-state index >= 15 is 0 Å². The summed E-state index contributed by atoms with van der Waals surface area (Å²) in [5.74, 6) is -0.630. The molecule has 0 saturated carbocycles. The van der Waals surface area contributed by atoms with Gasteiger partial charge in [0.2, 0.25) is 0 Å². The monoisotopic (exact) mass is 250 g/mol. The zero-order valence-electron chi connectivity index (χ0n) is 11.1. The van der Waals surface area contributed by atoms with Gasteiger partial charge in [-0.2, -0.15) is 0 Å². The van der Waals surface area contributed by atoms with Crippen molar-refractivity contribution in [2.45, 2.75) is 27.2 Å². The lowest BCUT2D eigenvalue weighted by molar-refractivity contribution is -0.151. The molecule has 0 fully saturated rings. The second-order valence-corrected chi connectivity index (χ2v) is 4.59. The average Bonchev–Trinajstić information content (AvgIpc) is 2.34. The fourth-order valence-electron chi connectivity index (χ4n) is 1.75. The Morgan fingerprint density at radius 3 is 2.78 bits per heavy atom. The molecule has 98 valence electrons. The SMILES string of the molecule is C=CC(C)(Cc1cc(F)ccc1C)C(=O)OCC. The summed E-state index contributed by atoms with van der Waals surface area (Å²) in [7, 11) is 0. The van der Waals surface area contributed by atoms with Gasteiger partial charge in [0.1, 0.15) is 5.82 Å². The maximum Gasteiger partial charge on any atom is 0.315 e. The molecule has 1 atom stereocenters. The van der Waals surface area contributed by atoms with Crippen molar-refractivity contribution in [2.75, 3.05) is 6.61 Å². The van der Waals surface area contributed by atoms with Gasteiger partial charge in [-0.05, 0) is 50.5 Å². The Labute approximate surface area is 107 Å². The molecule has 18 heavy (non-hydrogen) atoms. The van der Waals surface area contributed by atoms with Crippen molar-refractivity contribution in [2.24, 2.45) is 5.41 Å². The molecule has 0 aliphatic rings. The molecule has 2 nitrogen and oxygen atoms in total. The molecule has 1 aromatic rings. The van der Waals surface area contributed by atoms with Crippen molar-refractivity contribution in [3.05, 3.63) is 47.8 Å². The molecule has 1 unspecified atom stereocenters. The molecule has 0 saturated heterocycles. The van der Waals surface area contributed by atoms with Gasteiger partial charge in [0, 0.05) is 0 Å². The van der Waals surface area contributed by atoms with Gasteiger partial charge in [-0.15, -0.1) is 6.58 Å². The highest BCUT2D eigenvalue weighted by Crippen LogP contribution is 2.27. The summed E-state index contributed by atoms with van der Waals surface area (Å²) in [6.45, 7) is 9.42. The van der Waals surface area contributed by atoms with Crippen LogP contribution in [0.25, 0.3) is 0 Å². The Balaban J connectivity index is 3.01. The van der Waals surface area contributed by atoms with E-state index in [1.54, 1.807) is 26.0 Å². The lowest BCUT2D eigenvalue weighted by Crippen LogP contribution is -2.30. The Hall–Kier alpha value is -1.64. The van der Waals surface area contributed by atoms with Crippen LogP contribution in [0.3, 0.4) is 0 Å². The Morgan fingerprint density at radius 1 is 1.56 bits per heavy atom.